The summed E-state index contributed by atoms with van der Waals surface area (Å²) in [6.45, 7) is 0.412. The van der Waals surface area contributed by atoms with Crippen LogP contribution in [0.3, 0.4) is 0 Å². The van der Waals surface area contributed by atoms with Crippen molar-refractivity contribution in [1.29, 1.82) is 0 Å². The molecular formula is C13H12BrFN2O. The van der Waals surface area contributed by atoms with Crippen LogP contribution < -0.4 is 10.1 Å². The van der Waals surface area contributed by atoms with Crippen LogP contribution in [-0.4, -0.2) is 12.0 Å². The molecule has 0 radical (unpaired) electrons. The molecule has 2 rings (SSSR count). The zero-order valence-corrected chi connectivity index (χ0v) is 11.4. The molecule has 1 aromatic heterocycles. The average Bonchev–Trinajstić information content (AvgIpc) is 2.40. The van der Waals surface area contributed by atoms with E-state index in [1.54, 1.807) is 18.3 Å². The molecule has 1 heterocycles. The first-order valence-electron chi connectivity index (χ1n) is 5.39. The van der Waals surface area contributed by atoms with Crippen molar-refractivity contribution in [2.24, 2.45) is 0 Å². The van der Waals surface area contributed by atoms with E-state index in [1.807, 2.05) is 19.2 Å². The van der Waals surface area contributed by atoms with Gasteiger partial charge in [-0.2, -0.15) is 0 Å². The Kier molecular flexibility index (Phi) is 4.15. The number of hydrogen-bond donors (Lipinski definition) is 1. The van der Waals surface area contributed by atoms with Gasteiger partial charge in [0, 0.05) is 13.2 Å². The Morgan fingerprint density at radius 1 is 1.33 bits per heavy atom. The lowest BCUT2D eigenvalue weighted by atomic mass is 10.3. The molecule has 0 unspecified atom stereocenters. The quantitative estimate of drug-likeness (QED) is 0.937. The lowest BCUT2D eigenvalue weighted by molar-refractivity contribution is 0.305. The van der Waals surface area contributed by atoms with Crippen LogP contribution in [0.15, 0.2) is 41.0 Å². The Bertz CT molecular complexity index is 548. The van der Waals surface area contributed by atoms with Gasteiger partial charge in [0.1, 0.15) is 24.0 Å². The van der Waals surface area contributed by atoms with Crippen LogP contribution in [0.2, 0.25) is 0 Å². The number of halogens is 2. The van der Waals surface area contributed by atoms with Crippen molar-refractivity contribution in [2.45, 2.75) is 6.61 Å². The number of ether oxygens (including phenoxy) is 1. The van der Waals surface area contributed by atoms with Gasteiger partial charge < -0.3 is 10.1 Å². The minimum Gasteiger partial charge on any atom is -0.489 e. The van der Waals surface area contributed by atoms with E-state index in [0.29, 0.717) is 16.8 Å². The Morgan fingerprint density at radius 3 is 2.89 bits per heavy atom. The molecule has 3 nitrogen and oxygen atoms in total. The second-order valence-corrected chi connectivity index (χ2v) is 4.52. The summed E-state index contributed by atoms with van der Waals surface area (Å²) in [5, 5.41) is 2.96. The minimum atomic E-state index is -0.302. The molecule has 0 aliphatic heterocycles. The van der Waals surface area contributed by atoms with Crippen LogP contribution in [0.4, 0.5) is 10.2 Å². The zero-order chi connectivity index (χ0) is 13.0. The Hall–Kier alpha value is -1.62. The van der Waals surface area contributed by atoms with Crippen LogP contribution in [0.1, 0.15) is 5.56 Å². The highest BCUT2D eigenvalue weighted by atomic mass is 79.9. The molecule has 0 atom stereocenters. The molecule has 1 aromatic carbocycles. The molecular weight excluding hydrogens is 299 g/mol. The van der Waals surface area contributed by atoms with E-state index in [4.69, 9.17) is 4.74 Å². The topological polar surface area (TPSA) is 34.1 Å². The monoisotopic (exact) mass is 310 g/mol. The van der Waals surface area contributed by atoms with Gasteiger partial charge in [-0.05, 0) is 51.8 Å². The third-order valence-electron chi connectivity index (χ3n) is 2.38. The van der Waals surface area contributed by atoms with Crippen LogP contribution in [-0.2, 0) is 6.61 Å². The predicted molar refractivity (Wildman–Crippen MR) is 72.2 cm³/mol. The highest BCUT2D eigenvalue weighted by Gasteiger charge is 2.02. The van der Waals surface area contributed by atoms with Gasteiger partial charge in [0.25, 0.3) is 0 Å². The summed E-state index contributed by atoms with van der Waals surface area (Å²) in [6.07, 6.45) is 1.71. The summed E-state index contributed by atoms with van der Waals surface area (Å²) < 4.78 is 19.0. The lowest BCUT2D eigenvalue weighted by Crippen LogP contribution is -1.98. The third kappa shape index (κ3) is 3.20. The molecule has 0 saturated heterocycles. The van der Waals surface area contributed by atoms with Crippen molar-refractivity contribution < 1.29 is 9.13 Å². The van der Waals surface area contributed by atoms with E-state index in [9.17, 15) is 4.39 Å². The molecule has 5 heteroatoms. The number of rotatable bonds is 4. The van der Waals surface area contributed by atoms with E-state index < -0.39 is 0 Å². The fourth-order valence-electron chi connectivity index (χ4n) is 1.43. The molecule has 94 valence electrons. The first-order valence-corrected chi connectivity index (χ1v) is 6.19. The minimum absolute atomic E-state index is 0.302. The second kappa shape index (κ2) is 5.82. The van der Waals surface area contributed by atoms with E-state index in [2.05, 4.69) is 26.2 Å². The maximum Gasteiger partial charge on any atom is 0.137 e. The van der Waals surface area contributed by atoms with Gasteiger partial charge in [0.05, 0.1) is 4.47 Å². The molecule has 2 aromatic rings. The molecule has 0 amide bonds. The second-order valence-electron chi connectivity index (χ2n) is 3.66. The van der Waals surface area contributed by atoms with Gasteiger partial charge in [-0.3, -0.25) is 0 Å². The molecule has 0 bridgehead atoms. The maximum absolute atomic E-state index is 13.0. The third-order valence-corrected chi connectivity index (χ3v) is 2.98. The van der Waals surface area contributed by atoms with Crippen LogP contribution in [0.25, 0.3) is 0 Å². The summed E-state index contributed by atoms with van der Waals surface area (Å²) >= 11 is 3.12. The summed E-state index contributed by atoms with van der Waals surface area (Å²) in [5.41, 5.74) is 0.995. The van der Waals surface area contributed by atoms with Crippen molar-refractivity contribution in [3.05, 3.63) is 52.4 Å². The number of pyridine rings is 1. The van der Waals surface area contributed by atoms with Gasteiger partial charge >= 0.3 is 0 Å². The zero-order valence-electron chi connectivity index (χ0n) is 9.78. The van der Waals surface area contributed by atoms with Crippen molar-refractivity contribution in [3.63, 3.8) is 0 Å². The number of anilines is 1. The Balaban J connectivity index is 2.04. The Labute approximate surface area is 113 Å². The smallest absolute Gasteiger partial charge is 0.137 e. The lowest BCUT2D eigenvalue weighted by Gasteiger charge is -2.08. The van der Waals surface area contributed by atoms with Crippen LogP contribution in [0.5, 0.6) is 5.75 Å². The predicted octanol–water partition coefficient (Wildman–Crippen LogP) is 3.60. The molecule has 18 heavy (non-hydrogen) atoms. The largest absolute Gasteiger partial charge is 0.489 e. The Morgan fingerprint density at radius 2 is 2.17 bits per heavy atom. The molecule has 0 spiro atoms. The normalized spacial score (nSPS) is 10.2. The van der Waals surface area contributed by atoms with Gasteiger partial charge in [-0.1, -0.05) is 0 Å². The molecule has 1 N–H and O–H groups in total. The van der Waals surface area contributed by atoms with Crippen LogP contribution >= 0.6 is 15.9 Å². The average molecular weight is 311 g/mol. The molecule has 0 aliphatic carbocycles. The van der Waals surface area contributed by atoms with E-state index in [-0.39, 0.29) is 5.82 Å². The molecule has 0 saturated carbocycles. The summed E-state index contributed by atoms with van der Waals surface area (Å²) in [6, 6.07) is 8.35. The van der Waals surface area contributed by atoms with Crippen LogP contribution in [0, 0.1) is 5.82 Å². The van der Waals surface area contributed by atoms with Crippen molar-refractivity contribution in [3.8, 4) is 5.75 Å². The highest BCUT2D eigenvalue weighted by molar-refractivity contribution is 9.10. The fourth-order valence-corrected chi connectivity index (χ4v) is 1.79. The van der Waals surface area contributed by atoms with E-state index in [1.165, 1.54) is 6.07 Å². The summed E-state index contributed by atoms with van der Waals surface area (Å²) in [7, 11) is 1.81. The van der Waals surface area contributed by atoms with E-state index >= 15 is 0 Å². The maximum atomic E-state index is 13.0. The summed E-state index contributed by atoms with van der Waals surface area (Å²) in [4.78, 5) is 4.11. The molecule has 0 fully saturated rings. The summed E-state index contributed by atoms with van der Waals surface area (Å²) in [5.74, 6) is 1.10. The SMILES string of the molecule is CNc1cc(COc2ccc(F)c(Br)c2)ccn1. The number of aromatic nitrogens is 1. The van der Waals surface area contributed by atoms with Gasteiger partial charge in [-0.25, -0.2) is 9.37 Å². The first kappa shape index (κ1) is 12.8. The fraction of sp³-hybridized carbons (Fsp3) is 0.154. The number of nitrogens with one attached hydrogen (secondary N) is 1. The van der Waals surface area contributed by atoms with Crippen molar-refractivity contribution in [1.82, 2.24) is 4.98 Å². The van der Waals surface area contributed by atoms with Gasteiger partial charge in [-0.15, -0.1) is 0 Å². The van der Waals surface area contributed by atoms with E-state index in [0.717, 1.165) is 11.4 Å². The first-order chi connectivity index (χ1) is 8.69. The van der Waals surface area contributed by atoms with Gasteiger partial charge in [0.2, 0.25) is 0 Å². The van der Waals surface area contributed by atoms with Crippen molar-refractivity contribution in [2.75, 3.05) is 12.4 Å². The number of hydrogen-bond acceptors (Lipinski definition) is 3. The van der Waals surface area contributed by atoms with Crippen molar-refractivity contribution >= 4 is 21.7 Å². The van der Waals surface area contributed by atoms with Gasteiger partial charge in [0.15, 0.2) is 0 Å². The standard InChI is InChI=1S/C13H12BrFN2O/c1-16-13-6-9(4-5-17-13)8-18-10-2-3-12(15)11(14)7-10/h2-7H,8H2,1H3,(H,16,17). The number of nitrogens with zero attached hydrogens (tertiary/aromatic N) is 1. The highest BCUT2D eigenvalue weighted by Crippen LogP contribution is 2.22. The number of benzene rings is 1. The molecule has 0 aliphatic rings.